The van der Waals surface area contributed by atoms with Crippen LogP contribution in [0.3, 0.4) is 0 Å². The molecule has 0 aliphatic carbocycles. The quantitative estimate of drug-likeness (QED) is 0.263. The molecule has 0 saturated carbocycles. The molecule has 0 atom stereocenters. The molecule has 0 aromatic rings. The first-order chi connectivity index (χ1) is 2.00. The molecule has 0 fully saturated rings. The number of hydrogen-bond donors (Lipinski definition) is 0. The summed E-state index contributed by atoms with van der Waals surface area (Å²) in [5, 5.41) is 0. The Bertz CT molecular complexity index is 26.8. The summed E-state index contributed by atoms with van der Waals surface area (Å²) < 4.78 is -1.40. The molecule has 0 bridgehead atoms. The fourth-order valence-electron chi connectivity index (χ4n) is 0. The van der Waals surface area contributed by atoms with E-state index >= 15 is 0 Å². The first-order valence-electron chi connectivity index (χ1n) is 0.756. The molecular weight excluding hydrogens is 734 g/mol. The Morgan fingerprint density at radius 3 is 0.625 bits per heavy atom. The summed E-state index contributed by atoms with van der Waals surface area (Å²) in [7, 11) is 0. The van der Waals surface area contributed by atoms with Crippen LogP contribution in [0.4, 0.5) is 0 Å². The summed E-state index contributed by atoms with van der Waals surface area (Å²) in [5.41, 5.74) is 0. The van der Waals surface area contributed by atoms with Crippen molar-refractivity contribution in [3.63, 3.8) is 0 Å². The molecule has 0 heterocycles. The molecule has 56 valence electrons. The van der Waals surface area contributed by atoms with E-state index in [1.54, 1.807) is 0 Å². The Kier molecular flexibility index (Phi) is 30.1. The molecule has 0 rings (SSSR count). The van der Waals surface area contributed by atoms with Gasteiger partial charge in [0.25, 0.3) is 0 Å². The van der Waals surface area contributed by atoms with E-state index in [4.69, 9.17) is 0 Å². The molecule has 6 N–H and O–H groups in total. The minimum atomic E-state index is -1.40. The van der Waals surface area contributed by atoms with Crippen molar-refractivity contribution in [2.24, 2.45) is 0 Å². The molecular formula is H6HfI4O3. The van der Waals surface area contributed by atoms with Crippen LogP contribution >= 0.6 is 72.5 Å². The number of rotatable bonds is 0. The van der Waals surface area contributed by atoms with Crippen molar-refractivity contribution in [1.29, 1.82) is 0 Å². The zero-order valence-corrected chi connectivity index (χ0v) is 15.7. The maximum absolute atomic E-state index is 2.56. The Labute approximate surface area is 89.4 Å². The van der Waals surface area contributed by atoms with Gasteiger partial charge in [0.05, 0.1) is 0 Å². The summed E-state index contributed by atoms with van der Waals surface area (Å²) in [6.45, 7) is 0. The minimum absolute atomic E-state index is 0. The van der Waals surface area contributed by atoms with Gasteiger partial charge in [0.1, 0.15) is 0 Å². The monoisotopic (exact) mass is 742 g/mol. The first kappa shape index (κ1) is 22.6. The molecule has 0 aliphatic rings. The fraction of sp³-hybridized carbons (Fsp3) is 0. The molecule has 0 saturated heterocycles. The summed E-state index contributed by atoms with van der Waals surface area (Å²) >= 11 is 10.2. The van der Waals surface area contributed by atoms with E-state index in [1.807, 2.05) is 0 Å². The predicted molar refractivity (Wildman–Crippen MR) is 66.9 cm³/mol. The summed E-state index contributed by atoms with van der Waals surface area (Å²) in [6.07, 6.45) is 0. The SMILES string of the molecule is O.O.O.[I][Hf]([I])([I])[I]. The van der Waals surface area contributed by atoms with Crippen LogP contribution in [0.15, 0.2) is 0 Å². The Hall–Kier alpha value is 3.67. The molecule has 0 aromatic carbocycles. The summed E-state index contributed by atoms with van der Waals surface area (Å²) in [4.78, 5) is 0. The van der Waals surface area contributed by atoms with Crippen molar-refractivity contribution in [3.8, 4) is 0 Å². The van der Waals surface area contributed by atoms with E-state index in [-0.39, 0.29) is 16.4 Å². The third-order valence-corrected chi connectivity index (χ3v) is 0. The molecule has 0 aromatic heterocycles. The second-order valence-corrected chi connectivity index (χ2v) is 158. The molecule has 0 aliphatic heterocycles. The first-order valence-corrected chi connectivity index (χ1v) is 41.5. The van der Waals surface area contributed by atoms with Crippen molar-refractivity contribution in [3.05, 3.63) is 0 Å². The molecule has 8 heavy (non-hydrogen) atoms. The summed E-state index contributed by atoms with van der Waals surface area (Å²) in [5.74, 6) is 0. The summed E-state index contributed by atoms with van der Waals surface area (Å²) in [6, 6.07) is 0. The topological polar surface area (TPSA) is 94.5 Å². The molecule has 3 nitrogen and oxygen atoms in total. The number of hydrogen-bond acceptors (Lipinski definition) is 0. The van der Waals surface area contributed by atoms with Crippen LogP contribution in [0.5, 0.6) is 0 Å². The average Bonchev–Trinajstić information content (AvgIpc) is 0.722. The van der Waals surface area contributed by atoms with Crippen LogP contribution < -0.4 is 0 Å². The maximum atomic E-state index is 2.56. The van der Waals surface area contributed by atoms with Gasteiger partial charge in [-0.05, 0) is 0 Å². The van der Waals surface area contributed by atoms with E-state index in [1.165, 1.54) is 0 Å². The van der Waals surface area contributed by atoms with Gasteiger partial charge in [-0.25, -0.2) is 0 Å². The van der Waals surface area contributed by atoms with Crippen LogP contribution in [-0.4, -0.2) is 16.4 Å². The van der Waals surface area contributed by atoms with Crippen molar-refractivity contribution in [2.75, 3.05) is 0 Å². The van der Waals surface area contributed by atoms with Crippen LogP contribution in [0.2, 0.25) is 0 Å². The zero-order chi connectivity index (χ0) is 4.50. The van der Waals surface area contributed by atoms with Gasteiger partial charge in [-0.3, -0.25) is 0 Å². The zero-order valence-electron chi connectivity index (χ0n) is 3.51. The van der Waals surface area contributed by atoms with E-state index in [2.05, 4.69) is 72.5 Å². The predicted octanol–water partition coefficient (Wildman–Crippen LogP) is 1.07. The second kappa shape index (κ2) is 10.7. The third-order valence-electron chi connectivity index (χ3n) is 0. The number of halogens is 4. The Morgan fingerprint density at radius 2 is 0.625 bits per heavy atom. The molecule has 0 spiro atoms. The van der Waals surface area contributed by atoms with Crippen LogP contribution in [0.1, 0.15) is 0 Å². The molecule has 0 radical (unpaired) electrons. The van der Waals surface area contributed by atoms with Crippen molar-refractivity contribution in [2.45, 2.75) is 0 Å². The van der Waals surface area contributed by atoms with E-state index < -0.39 is 3.35 Å². The second-order valence-electron chi connectivity index (χ2n) is 0.429. The Morgan fingerprint density at radius 1 is 0.625 bits per heavy atom. The van der Waals surface area contributed by atoms with Gasteiger partial charge >= 0.3 is 75.9 Å². The van der Waals surface area contributed by atoms with Gasteiger partial charge in [-0.1, -0.05) is 0 Å². The Balaban J connectivity index is -0.0000000267. The van der Waals surface area contributed by atoms with Gasteiger partial charge in [-0.2, -0.15) is 0 Å². The van der Waals surface area contributed by atoms with Crippen LogP contribution in [0.25, 0.3) is 0 Å². The average molecular weight is 740 g/mol. The van der Waals surface area contributed by atoms with Gasteiger partial charge in [-0.15, -0.1) is 0 Å². The fourth-order valence-corrected chi connectivity index (χ4v) is 0. The van der Waals surface area contributed by atoms with E-state index in [0.717, 1.165) is 0 Å². The standard InChI is InChI=1S/Hf.4HI.3H2O/h;4*1H;3*1H2/q+4;;;;;;;/p-4. The van der Waals surface area contributed by atoms with Gasteiger partial charge < -0.3 is 16.4 Å². The molecule has 8 heteroatoms. The van der Waals surface area contributed by atoms with Crippen molar-refractivity contribution < 1.29 is 19.8 Å². The van der Waals surface area contributed by atoms with Crippen LogP contribution in [0, 0.1) is 0 Å². The van der Waals surface area contributed by atoms with Gasteiger partial charge in [0, 0.05) is 0 Å². The van der Waals surface area contributed by atoms with Crippen molar-refractivity contribution >= 4 is 72.5 Å². The molecule has 0 amide bonds. The van der Waals surface area contributed by atoms with Gasteiger partial charge in [0.2, 0.25) is 0 Å². The van der Waals surface area contributed by atoms with E-state index in [0.29, 0.717) is 0 Å². The van der Waals surface area contributed by atoms with Crippen LogP contribution in [-0.2, 0) is 3.35 Å². The van der Waals surface area contributed by atoms with E-state index in [9.17, 15) is 0 Å². The van der Waals surface area contributed by atoms with Gasteiger partial charge in [0.15, 0.2) is 0 Å². The van der Waals surface area contributed by atoms with Crippen molar-refractivity contribution in [1.82, 2.24) is 0 Å². The molecule has 0 unspecified atom stereocenters. The third kappa shape index (κ3) is 54.0. The normalized spacial score (nSPS) is 7.50.